The van der Waals surface area contributed by atoms with Crippen LogP contribution in [0.15, 0.2) is 36.5 Å². The Morgan fingerprint density at radius 1 is 1.22 bits per heavy atom. The van der Waals surface area contributed by atoms with E-state index in [1.54, 1.807) is 12.1 Å². The summed E-state index contributed by atoms with van der Waals surface area (Å²) in [6.07, 6.45) is 1.45. The van der Waals surface area contributed by atoms with E-state index in [1.807, 2.05) is 0 Å². The molecule has 92 valence electrons. The van der Waals surface area contributed by atoms with Crippen molar-refractivity contribution in [2.75, 3.05) is 0 Å². The van der Waals surface area contributed by atoms with E-state index in [-0.39, 0.29) is 21.5 Å². The Morgan fingerprint density at radius 3 is 2.67 bits per heavy atom. The highest BCUT2D eigenvalue weighted by molar-refractivity contribution is 6.35. The van der Waals surface area contributed by atoms with Gasteiger partial charge in [0.2, 0.25) is 0 Å². The third-order valence-electron chi connectivity index (χ3n) is 2.08. The second-order valence-electron chi connectivity index (χ2n) is 3.28. The lowest BCUT2D eigenvalue weighted by atomic mass is 10.3. The number of ether oxygens (including phenoxy) is 1. The van der Waals surface area contributed by atoms with E-state index < -0.39 is 11.8 Å². The van der Waals surface area contributed by atoms with E-state index in [0.717, 1.165) is 0 Å². The third-order valence-corrected chi connectivity index (χ3v) is 2.72. The number of carbonyl (C=O) groups excluding carboxylic acids is 1. The van der Waals surface area contributed by atoms with Gasteiger partial charge in [-0.1, -0.05) is 29.3 Å². The van der Waals surface area contributed by atoms with Crippen LogP contribution in [0.2, 0.25) is 10.0 Å². The molecule has 1 aromatic heterocycles. The fraction of sp³-hybridized carbons (Fsp3) is 0. The number of benzene rings is 1. The maximum absolute atomic E-state index is 13.4. The van der Waals surface area contributed by atoms with Crippen molar-refractivity contribution >= 4 is 29.2 Å². The van der Waals surface area contributed by atoms with Crippen LogP contribution in [-0.2, 0) is 0 Å². The first-order chi connectivity index (χ1) is 8.59. The lowest BCUT2D eigenvalue weighted by molar-refractivity contribution is 0.0728. The average molecular weight is 286 g/mol. The second kappa shape index (κ2) is 5.33. The lowest BCUT2D eigenvalue weighted by Crippen LogP contribution is -2.10. The van der Waals surface area contributed by atoms with Crippen molar-refractivity contribution in [3.05, 3.63) is 58.1 Å². The number of esters is 1. The van der Waals surface area contributed by atoms with Crippen molar-refractivity contribution in [3.8, 4) is 5.75 Å². The summed E-state index contributed by atoms with van der Waals surface area (Å²) in [5.41, 5.74) is 0.101. The number of carbonyl (C=O) groups is 1. The molecule has 0 atom stereocenters. The molecule has 18 heavy (non-hydrogen) atoms. The Kier molecular flexibility index (Phi) is 3.79. The Morgan fingerprint density at radius 2 is 2.00 bits per heavy atom. The van der Waals surface area contributed by atoms with Gasteiger partial charge in [0.25, 0.3) is 0 Å². The van der Waals surface area contributed by atoms with Gasteiger partial charge in [-0.2, -0.15) is 0 Å². The van der Waals surface area contributed by atoms with Gasteiger partial charge in [0.1, 0.15) is 10.7 Å². The van der Waals surface area contributed by atoms with Gasteiger partial charge < -0.3 is 4.74 Å². The van der Waals surface area contributed by atoms with Crippen molar-refractivity contribution in [2.24, 2.45) is 0 Å². The fourth-order valence-corrected chi connectivity index (χ4v) is 1.63. The molecule has 1 aromatic carbocycles. The number of pyridine rings is 1. The number of hydrogen-bond donors (Lipinski definition) is 0. The zero-order valence-electron chi connectivity index (χ0n) is 8.86. The van der Waals surface area contributed by atoms with Crippen LogP contribution in [0.25, 0.3) is 0 Å². The molecule has 0 aliphatic carbocycles. The van der Waals surface area contributed by atoms with Crippen molar-refractivity contribution in [3.63, 3.8) is 0 Å². The Labute approximate surface area is 112 Å². The van der Waals surface area contributed by atoms with Gasteiger partial charge in [-0.05, 0) is 24.3 Å². The fourth-order valence-electron chi connectivity index (χ4n) is 1.22. The lowest BCUT2D eigenvalue weighted by Gasteiger charge is -2.06. The molecule has 0 saturated carbocycles. The summed E-state index contributed by atoms with van der Waals surface area (Å²) < 4.78 is 18.3. The quantitative estimate of drug-likeness (QED) is 0.479. The average Bonchev–Trinajstić information content (AvgIpc) is 2.40. The highest BCUT2D eigenvalue weighted by Gasteiger charge is 2.16. The Balaban J connectivity index is 2.26. The second-order valence-corrected chi connectivity index (χ2v) is 4.06. The first-order valence-corrected chi connectivity index (χ1v) is 5.62. The number of hydrogen-bond acceptors (Lipinski definition) is 3. The maximum atomic E-state index is 13.4. The van der Waals surface area contributed by atoms with Gasteiger partial charge in [-0.15, -0.1) is 0 Å². The first kappa shape index (κ1) is 12.8. The van der Waals surface area contributed by atoms with Crippen molar-refractivity contribution < 1.29 is 13.9 Å². The van der Waals surface area contributed by atoms with E-state index in [2.05, 4.69) is 4.98 Å². The molecule has 0 spiro atoms. The minimum absolute atomic E-state index is 0.101. The summed E-state index contributed by atoms with van der Waals surface area (Å²) in [7, 11) is 0. The minimum atomic E-state index is -0.829. The topological polar surface area (TPSA) is 39.2 Å². The number of rotatable bonds is 2. The molecule has 0 bridgehead atoms. The molecule has 0 N–H and O–H groups in total. The normalized spacial score (nSPS) is 10.2. The molecule has 2 aromatic rings. The largest absolute Gasteiger partial charge is 0.420 e. The van der Waals surface area contributed by atoms with Crippen molar-refractivity contribution in [1.82, 2.24) is 4.98 Å². The van der Waals surface area contributed by atoms with Crippen LogP contribution in [0.1, 0.15) is 10.5 Å². The summed E-state index contributed by atoms with van der Waals surface area (Å²) in [6.45, 7) is 0. The molecular weight excluding hydrogens is 280 g/mol. The van der Waals surface area contributed by atoms with Gasteiger partial charge in [0, 0.05) is 6.20 Å². The van der Waals surface area contributed by atoms with Crippen LogP contribution in [0.3, 0.4) is 0 Å². The standard InChI is InChI=1S/C12H6Cl2FNO2/c13-7-4-5-9(10(14)11(7)15)18-12(17)8-3-1-2-6-16-8/h1-6H. The highest BCUT2D eigenvalue weighted by atomic mass is 35.5. The van der Waals surface area contributed by atoms with Crippen LogP contribution < -0.4 is 4.74 Å². The van der Waals surface area contributed by atoms with Crippen molar-refractivity contribution in [1.29, 1.82) is 0 Å². The minimum Gasteiger partial charge on any atom is -0.420 e. The smallest absolute Gasteiger partial charge is 0.362 e. The monoisotopic (exact) mass is 285 g/mol. The molecule has 2 rings (SSSR count). The molecule has 3 nitrogen and oxygen atoms in total. The molecule has 1 heterocycles. The van der Waals surface area contributed by atoms with Crippen LogP contribution in [0.4, 0.5) is 4.39 Å². The van der Waals surface area contributed by atoms with Gasteiger partial charge in [-0.25, -0.2) is 14.2 Å². The molecular formula is C12H6Cl2FNO2. The molecule has 6 heteroatoms. The van der Waals surface area contributed by atoms with E-state index in [9.17, 15) is 9.18 Å². The van der Waals surface area contributed by atoms with Crippen LogP contribution in [0, 0.1) is 5.82 Å². The van der Waals surface area contributed by atoms with Crippen LogP contribution in [-0.4, -0.2) is 11.0 Å². The number of halogens is 3. The summed E-state index contributed by atoms with van der Waals surface area (Å²) in [5, 5.41) is -0.482. The van der Waals surface area contributed by atoms with Crippen LogP contribution in [0.5, 0.6) is 5.75 Å². The zero-order chi connectivity index (χ0) is 13.1. The molecule has 0 aliphatic rings. The molecule has 0 unspecified atom stereocenters. The molecule has 0 aliphatic heterocycles. The molecule has 0 fully saturated rings. The highest BCUT2D eigenvalue weighted by Crippen LogP contribution is 2.32. The van der Waals surface area contributed by atoms with E-state index in [1.165, 1.54) is 24.4 Å². The number of nitrogens with zero attached hydrogens (tertiary/aromatic N) is 1. The van der Waals surface area contributed by atoms with Gasteiger partial charge >= 0.3 is 5.97 Å². The van der Waals surface area contributed by atoms with E-state index >= 15 is 0 Å². The zero-order valence-corrected chi connectivity index (χ0v) is 10.4. The van der Waals surface area contributed by atoms with Crippen molar-refractivity contribution in [2.45, 2.75) is 0 Å². The summed E-state index contributed by atoms with van der Waals surface area (Å²) in [5.74, 6) is -1.65. The third kappa shape index (κ3) is 2.60. The predicted molar refractivity (Wildman–Crippen MR) is 65.6 cm³/mol. The molecule has 0 radical (unpaired) electrons. The Hall–Kier alpha value is -1.65. The van der Waals surface area contributed by atoms with E-state index in [4.69, 9.17) is 27.9 Å². The van der Waals surface area contributed by atoms with Crippen LogP contribution >= 0.6 is 23.2 Å². The molecule has 0 saturated heterocycles. The Bertz CT molecular complexity index is 590. The predicted octanol–water partition coefficient (Wildman–Crippen LogP) is 3.75. The summed E-state index contributed by atoms with van der Waals surface area (Å²) in [4.78, 5) is 15.5. The SMILES string of the molecule is O=C(Oc1ccc(Cl)c(F)c1Cl)c1ccccn1. The maximum Gasteiger partial charge on any atom is 0.362 e. The first-order valence-electron chi connectivity index (χ1n) is 4.86. The van der Waals surface area contributed by atoms with Gasteiger partial charge in [0.15, 0.2) is 11.6 Å². The van der Waals surface area contributed by atoms with Gasteiger partial charge in [-0.3, -0.25) is 0 Å². The van der Waals surface area contributed by atoms with E-state index in [0.29, 0.717) is 0 Å². The molecule has 0 amide bonds. The summed E-state index contributed by atoms with van der Waals surface area (Å²) >= 11 is 11.2. The summed E-state index contributed by atoms with van der Waals surface area (Å²) in [6, 6.07) is 7.33. The number of aromatic nitrogens is 1. The van der Waals surface area contributed by atoms with Gasteiger partial charge in [0.05, 0.1) is 5.02 Å².